The Bertz CT molecular complexity index is 472. The van der Waals surface area contributed by atoms with Crippen LogP contribution < -0.4 is 10.1 Å². The van der Waals surface area contributed by atoms with Crippen LogP contribution in [-0.2, 0) is 20.9 Å². The first-order chi connectivity index (χ1) is 8.69. The molecule has 0 bridgehead atoms. The van der Waals surface area contributed by atoms with E-state index in [-0.39, 0.29) is 13.2 Å². The highest BCUT2D eigenvalue weighted by Gasteiger charge is 2.16. The number of amides is 1. The van der Waals surface area contributed by atoms with Gasteiger partial charge in [-0.05, 0) is 25.1 Å². The standard InChI is InChI=1S/C12H13NO5/c1-2-16-11(14)7-17-9-3-4-10-8(5-9)6-18-12(15)13-10/h3-5H,2,6-7H2,1H3,(H,13,15). The number of cyclic esters (lactones) is 1. The molecule has 1 aliphatic heterocycles. The SMILES string of the molecule is CCOC(=O)COc1ccc2c(c1)COC(=O)N2. The van der Waals surface area contributed by atoms with Crippen LogP contribution in [-0.4, -0.2) is 25.3 Å². The van der Waals surface area contributed by atoms with Gasteiger partial charge in [0, 0.05) is 5.56 Å². The Labute approximate surface area is 104 Å². The van der Waals surface area contributed by atoms with Gasteiger partial charge in [0.15, 0.2) is 6.61 Å². The first-order valence-corrected chi connectivity index (χ1v) is 5.54. The molecule has 0 saturated heterocycles. The summed E-state index contributed by atoms with van der Waals surface area (Å²) in [6, 6.07) is 5.09. The number of rotatable bonds is 4. The van der Waals surface area contributed by atoms with Crippen LogP contribution in [0.2, 0.25) is 0 Å². The van der Waals surface area contributed by atoms with Gasteiger partial charge in [-0.2, -0.15) is 0 Å². The van der Waals surface area contributed by atoms with Crippen LogP contribution in [0.15, 0.2) is 18.2 Å². The zero-order chi connectivity index (χ0) is 13.0. The third kappa shape index (κ3) is 2.91. The van der Waals surface area contributed by atoms with E-state index in [1.165, 1.54) is 0 Å². The van der Waals surface area contributed by atoms with Crippen LogP contribution in [0.25, 0.3) is 0 Å². The second-order valence-corrected chi connectivity index (χ2v) is 3.61. The molecule has 1 N–H and O–H groups in total. The number of hydrogen-bond acceptors (Lipinski definition) is 5. The van der Waals surface area contributed by atoms with Crippen molar-refractivity contribution in [3.8, 4) is 5.75 Å². The van der Waals surface area contributed by atoms with E-state index in [9.17, 15) is 9.59 Å². The molecule has 96 valence electrons. The maximum absolute atomic E-state index is 11.1. The fourth-order valence-corrected chi connectivity index (χ4v) is 1.54. The van der Waals surface area contributed by atoms with Gasteiger partial charge in [0.2, 0.25) is 0 Å². The topological polar surface area (TPSA) is 73.9 Å². The molecule has 2 rings (SSSR count). The van der Waals surface area contributed by atoms with Gasteiger partial charge in [0.05, 0.1) is 12.3 Å². The zero-order valence-electron chi connectivity index (χ0n) is 9.89. The minimum absolute atomic E-state index is 0.139. The van der Waals surface area contributed by atoms with Crippen LogP contribution in [0.1, 0.15) is 12.5 Å². The van der Waals surface area contributed by atoms with E-state index in [4.69, 9.17) is 14.2 Å². The number of carbonyl (C=O) groups excluding carboxylic acids is 2. The molecule has 0 aliphatic carbocycles. The molecule has 1 aliphatic rings. The smallest absolute Gasteiger partial charge is 0.411 e. The van der Waals surface area contributed by atoms with Crippen LogP contribution in [0, 0.1) is 0 Å². The molecule has 1 aromatic rings. The molecule has 0 radical (unpaired) electrons. The average molecular weight is 251 g/mol. The lowest BCUT2D eigenvalue weighted by atomic mass is 10.1. The van der Waals surface area contributed by atoms with Crippen LogP contribution in [0.5, 0.6) is 5.75 Å². The van der Waals surface area contributed by atoms with Gasteiger partial charge in [0.1, 0.15) is 12.4 Å². The highest BCUT2D eigenvalue weighted by Crippen LogP contribution is 2.26. The number of benzene rings is 1. The molecule has 0 spiro atoms. The summed E-state index contributed by atoms with van der Waals surface area (Å²) in [6.45, 7) is 2.11. The number of ether oxygens (including phenoxy) is 3. The zero-order valence-corrected chi connectivity index (χ0v) is 9.89. The predicted octanol–water partition coefficient (Wildman–Crippen LogP) is 1.69. The van der Waals surface area contributed by atoms with E-state index in [0.717, 1.165) is 5.56 Å². The van der Waals surface area contributed by atoms with Crippen molar-refractivity contribution >= 4 is 17.7 Å². The van der Waals surface area contributed by atoms with Crippen molar-refractivity contribution in [2.75, 3.05) is 18.5 Å². The Morgan fingerprint density at radius 3 is 3.11 bits per heavy atom. The third-order valence-corrected chi connectivity index (χ3v) is 2.33. The van der Waals surface area contributed by atoms with Crippen LogP contribution >= 0.6 is 0 Å². The van der Waals surface area contributed by atoms with Crippen molar-refractivity contribution in [2.45, 2.75) is 13.5 Å². The van der Waals surface area contributed by atoms with E-state index in [0.29, 0.717) is 18.0 Å². The third-order valence-electron chi connectivity index (χ3n) is 2.33. The van der Waals surface area contributed by atoms with Gasteiger partial charge in [-0.15, -0.1) is 0 Å². The fourth-order valence-electron chi connectivity index (χ4n) is 1.54. The molecule has 6 heteroatoms. The second kappa shape index (κ2) is 5.39. The summed E-state index contributed by atoms with van der Waals surface area (Å²) in [7, 11) is 0. The minimum atomic E-state index is -0.470. The monoisotopic (exact) mass is 251 g/mol. The van der Waals surface area contributed by atoms with E-state index in [2.05, 4.69) is 5.32 Å². The normalized spacial score (nSPS) is 13.1. The van der Waals surface area contributed by atoms with Crippen molar-refractivity contribution in [3.05, 3.63) is 23.8 Å². The maximum atomic E-state index is 11.1. The van der Waals surface area contributed by atoms with Crippen molar-refractivity contribution in [1.82, 2.24) is 0 Å². The predicted molar refractivity (Wildman–Crippen MR) is 62.4 cm³/mol. The quantitative estimate of drug-likeness (QED) is 0.824. The summed E-state index contributed by atoms with van der Waals surface area (Å²) in [5.41, 5.74) is 1.49. The molecule has 0 saturated carbocycles. The number of hydrogen-bond donors (Lipinski definition) is 1. The number of esters is 1. The van der Waals surface area contributed by atoms with Crippen LogP contribution in [0.4, 0.5) is 10.5 Å². The van der Waals surface area contributed by atoms with Gasteiger partial charge in [-0.25, -0.2) is 9.59 Å². The molecule has 1 amide bonds. The molecule has 0 unspecified atom stereocenters. The molecular weight excluding hydrogens is 238 g/mol. The maximum Gasteiger partial charge on any atom is 0.411 e. The van der Waals surface area contributed by atoms with E-state index in [1.54, 1.807) is 25.1 Å². The lowest BCUT2D eigenvalue weighted by Crippen LogP contribution is -2.20. The number of nitrogens with one attached hydrogen (secondary N) is 1. The fraction of sp³-hybridized carbons (Fsp3) is 0.333. The van der Waals surface area contributed by atoms with Crippen LogP contribution in [0.3, 0.4) is 0 Å². The number of anilines is 1. The molecule has 0 aromatic heterocycles. The van der Waals surface area contributed by atoms with E-state index < -0.39 is 12.1 Å². The lowest BCUT2D eigenvalue weighted by Gasteiger charge is -2.18. The average Bonchev–Trinajstić information content (AvgIpc) is 2.36. The lowest BCUT2D eigenvalue weighted by molar-refractivity contribution is -0.145. The molecular formula is C12H13NO5. The number of fused-ring (bicyclic) bond motifs is 1. The van der Waals surface area contributed by atoms with Gasteiger partial charge in [-0.3, -0.25) is 5.32 Å². The summed E-state index contributed by atoms with van der Waals surface area (Å²) in [4.78, 5) is 22.1. The van der Waals surface area contributed by atoms with Gasteiger partial charge < -0.3 is 14.2 Å². The summed E-state index contributed by atoms with van der Waals surface area (Å²) >= 11 is 0. The number of carbonyl (C=O) groups is 2. The summed E-state index contributed by atoms with van der Waals surface area (Å²) < 4.78 is 14.8. The Kier molecular flexibility index (Phi) is 3.66. The van der Waals surface area contributed by atoms with E-state index >= 15 is 0 Å². The Balaban J connectivity index is 1.99. The van der Waals surface area contributed by atoms with Crippen molar-refractivity contribution in [2.24, 2.45) is 0 Å². The highest BCUT2D eigenvalue weighted by molar-refractivity contribution is 5.87. The molecule has 1 aromatic carbocycles. The van der Waals surface area contributed by atoms with Gasteiger partial charge >= 0.3 is 12.1 Å². The van der Waals surface area contributed by atoms with Gasteiger partial charge in [-0.1, -0.05) is 0 Å². The van der Waals surface area contributed by atoms with Crippen molar-refractivity contribution < 1.29 is 23.8 Å². The Morgan fingerprint density at radius 1 is 1.50 bits per heavy atom. The molecule has 1 heterocycles. The highest BCUT2D eigenvalue weighted by atomic mass is 16.6. The second-order valence-electron chi connectivity index (χ2n) is 3.61. The Morgan fingerprint density at radius 2 is 2.33 bits per heavy atom. The van der Waals surface area contributed by atoms with E-state index in [1.807, 2.05) is 0 Å². The van der Waals surface area contributed by atoms with Gasteiger partial charge in [0.25, 0.3) is 0 Å². The molecule has 18 heavy (non-hydrogen) atoms. The summed E-state index contributed by atoms with van der Waals surface area (Å²) in [5, 5.41) is 2.56. The van der Waals surface area contributed by atoms with Crippen molar-refractivity contribution in [1.29, 1.82) is 0 Å². The Hall–Kier alpha value is -2.24. The van der Waals surface area contributed by atoms with Crippen molar-refractivity contribution in [3.63, 3.8) is 0 Å². The minimum Gasteiger partial charge on any atom is -0.482 e. The first kappa shape index (κ1) is 12.2. The summed E-state index contributed by atoms with van der Waals surface area (Å²) in [5.74, 6) is 0.112. The molecule has 6 nitrogen and oxygen atoms in total. The molecule has 0 fully saturated rings. The summed E-state index contributed by atoms with van der Waals surface area (Å²) in [6.07, 6.45) is -0.470. The largest absolute Gasteiger partial charge is 0.482 e. The molecule has 0 atom stereocenters. The first-order valence-electron chi connectivity index (χ1n) is 5.54.